The molecule has 0 unspecified atom stereocenters. The van der Waals surface area contributed by atoms with Gasteiger partial charge in [-0.05, 0) is 123 Å². The fraction of sp³-hybridized carbons (Fsp3) is 0. The van der Waals surface area contributed by atoms with Crippen molar-refractivity contribution in [3.05, 3.63) is 218 Å². The largest absolute Gasteiger partial charge is 0.309 e. The topological polar surface area (TPSA) is 9.86 Å². The van der Waals surface area contributed by atoms with Crippen LogP contribution < -0.4 is 0 Å². The second-order valence-electron chi connectivity index (χ2n) is 16.1. The van der Waals surface area contributed by atoms with Crippen molar-refractivity contribution in [2.45, 2.75) is 0 Å². The summed E-state index contributed by atoms with van der Waals surface area (Å²) in [6, 6.07) is 80.5. The van der Waals surface area contributed by atoms with Crippen molar-refractivity contribution in [2.75, 3.05) is 0 Å². The number of aromatic nitrogens is 2. The molecule has 3 aromatic heterocycles. The van der Waals surface area contributed by atoms with Crippen molar-refractivity contribution in [3.63, 3.8) is 0 Å². The molecule has 0 bridgehead atoms. The molecule has 284 valence electrons. The van der Waals surface area contributed by atoms with Crippen LogP contribution in [0.3, 0.4) is 0 Å². The van der Waals surface area contributed by atoms with E-state index in [1.807, 2.05) is 11.3 Å². The molecular formula is C58H36N2S. The summed E-state index contributed by atoms with van der Waals surface area (Å²) in [5, 5.41) is 10.2. The van der Waals surface area contributed by atoms with Crippen LogP contribution in [0.1, 0.15) is 0 Å². The van der Waals surface area contributed by atoms with E-state index in [0.717, 1.165) is 11.4 Å². The summed E-state index contributed by atoms with van der Waals surface area (Å²) in [5.41, 5.74) is 14.5. The molecule has 2 nitrogen and oxygen atoms in total. The van der Waals surface area contributed by atoms with Gasteiger partial charge in [0.05, 0.1) is 22.1 Å². The van der Waals surface area contributed by atoms with Crippen molar-refractivity contribution in [3.8, 4) is 44.8 Å². The smallest absolute Gasteiger partial charge is 0.0541 e. The van der Waals surface area contributed by atoms with Crippen molar-refractivity contribution in [1.29, 1.82) is 0 Å². The predicted octanol–water partition coefficient (Wildman–Crippen LogP) is 16.4. The van der Waals surface area contributed by atoms with Gasteiger partial charge in [-0.2, -0.15) is 0 Å². The number of thiophene rings is 1. The highest BCUT2D eigenvalue weighted by Gasteiger charge is 2.18. The van der Waals surface area contributed by atoms with E-state index in [4.69, 9.17) is 0 Å². The van der Waals surface area contributed by atoms with Crippen molar-refractivity contribution in [1.82, 2.24) is 9.13 Å². The van der Waals surface area contributed by atoms with Gasteiger partial charge in [-0.15, -0.1) is 11.3 Å². The highest BCUT2D eigenvalue weighted by atomic mass is 32.1. The van der Waals surface area contributed by atoms with Gasteiger partial charge in [-0.25, -0.2) is 0 Å². The maximum absolute atomic E-state index is 2.42. The summed E-state index contributed by atoms with van der Waals surface area (Å²) in [6.45, 7) is 0. The molecule has 61 heavy (non-hydrogen) atoms. The third kappa shape index (κ3) is 5.34. The molecule has 0 amide bonds. The van der Waals surface area contributed by atoms with Gasteiger partial charge in [0, 0.05) is 53.1 Å². The minimum Gasteiger partial charge on any atom is -0.309 e. The number of fused-ring (bicyclic) bond motifs is 10. The van der Waals surface area contributed by atoms with Crippen LogP contribution in [0.5, 0.6) is 0 Å². The molecule has 13 aromatic rings. The van der Waals surface area contributed by atoms with E-state index in [2.05, 4.69) is 228 Å². The quantitative estimate of drug-likeness (QED) is 0.164. The number of hydrogen-bond donors (Lipinski definition) is 0. The zero-order chi connectivity index (χ0) is 40.0. The molecule has 0 aliphatic carbocycles. The first-order chi connectivity index (χ1) is 30.2. The number of hydrogen-bond acceptors (Lipinski definition) is 1. The number of nitrogens with zero attached hydrogens (tertiary/aromatic N) is 2. The Labute approximate surface area is 356 Å². The Balaban J connectivity index is 0.953. The zero-order valence-electron chi connectivity index (χ0n) is 33.1. The third-order valence-electron chi connectivity index (χ3n) is 12.7. The summed E-state index contributed by atoms with van der Waals surface area (Å²) >= 11 is 1.89. The SMILES string of the molecule is c1ccc(-n2c3ccc(-c4ccc5c(c4)c4ccccc4n5-c4ccc(-c5ccc6ccccc6c5)cc4)cc3c3cc(-c4cccc5c4sc4ccccc45)ccc32)cc1. The second kappa shape index (κ2) is 13.4. The van der Waals surface area contributed by atoms with Crippen LogP contribution in [0, 0.1) is 0 Å². The first kappa shape index (κ1) is 34.2. The maximum Gasteiger partial charge on any atom is 0.0541 e. The summed E-state index contributed by atoms with van der Waals surface area (Å²) in [4.78, 5) is 0. The van der Waals surface area contributed by atoms with Crippen molar-refractivity contribution >= 4 is 85.9 Å². The second-order valence-corrected chi connectivity index (χ2v) is 17.2. The van der Waals surface area contributed by atoms with Crippen LogP contribution in [0.4, 0.5) is 0 Å². The minimum absolute atomic E-state index is 1.15. The average Bonchev–Trinajstić information content (AvgIpc) is 3.99. The van der Waals surface area contributed by atoms with Gasteiger partial charge in [-0.3, -0.25) is 0 Å². The molecule has 0 aliphatic heterocycles. The summed E-state index contributed by atoms with van der Waals surface area (Å²) < 4.78 is 7.49. The molecule has 0 saturated heterocycles. The van der Waals surface area contributed by atoms with E-state index < -0.39 is 0 Å². The van der Waals surface area contributed by atoms with Crippen molar-refractivity contribution in [2.24, 2.45) is 0 Å². The number of rotatable bonds is 5. The third-order valence-corrected chi connectivity index (χ3v) is 13.9. The summed E-state index contributed by atoms with van der Waals surface area (Å²) in [5.74, 6) is 0. The lowest BCUT2D eigenvalue weighted by molar-refractivity contribution is 1.18. The lowest BCUT2D eigenvalue weighted by Gasteiger charge is -2.10. The number of para-hydroxylation sites is 2. The first-order valence-corrected chi connectivity index (χ1v) is 21.7. The molecule has 3 heterocycles. The van der Waals surface area contributed by atoms with E-state index in [1.54, 1.807) is 0 Å². The Morgan fingerprint density at radius 2 is 0.787 bits per heavy atom. The van der Waals surface area contributed by atoms with Crippen LogP contribution in [-0.4, -0.2) is 9.13 Å². The van der Waals surface area contributed by atoms with E-state index in [9.17, 15) is 0 Å². The average molecular weight is 793 g/mol. The van der Waals surface area contributed by atoms with Crippen LogP contribution in [-0.2, 0) is 0 Å². The normalized spacial score (nSPS) is 11.9. The molecular weight excluding hydrogens is 757 g/mol. The molecule has 0 radical (unpaired) electrons. The molecule has 13 rings (SSSR count). The van der Waals surface area contributed by atoms with E-state index in [-0.39, 0.29) is 0 Å². The highest BCUT2D eigenvalue weighted by molar-refractivity contribution is 7.26. The van der Waals surface area contributed by atoms with Gasteiger partial charge < -0.3 is 9.13 Å². The Kier molecular flexibility index (Phi) is 7.51. The standard InChI is InChI=1S/C58H36N2S/c1-2-13-44(14-3-1)59-55-31-26-42(35-51(55)52-36-43(27-32-56(52)59)46-17-10-18-49-48-16-7-9-20-57(48)61-58(46)49)41-25-30-54-50(34-41)47-15-6-8-19-53(47)60(54)45-28-23-38(24-29-45)40-22-21-37-11-4-5-12-39(37)33-40/h1-36H. The lowest BCUT2D eigenvalue weighted by Crippen LogP contribution is -1.94. The summed E-state index contributed by atoms with van der Waals surface area (Å²) in [7, 11) is 0. The maximum atomic E-state index is 2.42. The van der Waals surface area contributed by atoms with Gasteiger partial charge in [0.1, 0.15) is 0 Å². The van der Waals surface area contributed by atoms with Gasteiger partial charge >= 0.3 is 0 Å². The Bertz CT molecular complexity index is 3860. The number of benzene rings is 10. The highest BCUT2D eigenvalue weighted by Crippen LogP contribution is 2.43. The van der Waals surface area contributed by atoms with Crippen LogP contribution in [0.25, 0.3) is 119 Å². The minimum atomic E-state index is 1.15. The van der Waals surface area contributed by atoms with E-state index in [1.165, 1.54) is 108 Å². The monoisotopic (exact) mass is 792 g/mol. The van der Waals surface area contributed by atoms with E-state index in [0.29, 0.717) is 0 Å². The van der Waals surface area contributed by atoms with Crippen LogP contribution in [0.15, 0.2) is 218 Å². The van der Waals surface area contributed by atoms with Crippen molar-refractivity contribution < 1.29 is 0 Å². The zero-order valence-corrected chi connectivity index (χ0v) is 33.9. The Hall–Kier alpha value is -7.72. The predicted molar refractivity (Wildman–Crippen MR) is 262 cm³/mol. The first-order valence-electron chi connectivity index (χ1n) is 20.9. The Morgan fingerprint density at radius 1 is 0.279 bits per heavy atom. The van der Waals surface area contributed by atoms with E-state index >= 15 is 0 Å². The molecule has 0 aliphatic rings. The molecule has 0 atom stereocenters. The Morgan fingerprint density at radius 3 is 1.54 bits per heavy atom. The van der Waals surface area contributed by atoms with Gasteiger partial charge in [0.15, 0.2) is 0 Å². The van der Waals surface area contributed by atoms with Gasteiger partial charge in [0.25, 0.3) is 0 Å². The molecule has 0 fully saturated rings. The molecule has 0 spiro atoms. The summed E-state index contributed by atoms with van der Waals surface area (Å²) in [6.07, 6.45) is 0. The van der Waals surface area contributed by atoms with Gasteiger partial charge in [-0.1, -0.05) is 140 Å². The lowest BCUT2D eigenvalue weighted by atomic mass is 9.98. The fourth-order valence-electron chi connectivity index (χ4n) is 9.80. The molecule has 3 heteroatoms. The molecule has 0 N–H and O–H groups in total. The van der Waals surface area contributed by atoms with Gasteiger partial charge in [0.2, 0.25) is 0 Å². The van der Waals surface area contributed by atoms with Crippen LogP contribution >= 0.6 is 11.3 Å². The fourth-order valence-corrected chi connectivity index (χ4v) is 11.0. The molecule has 10 aromatic carbocycles. The van der Waals surface area contributed by atoms with Crippen LogP contribution in [0.2, 0.25) is 0 Å². The molecule has 0 saturated carbocycles.